The molecule has 0 spiro atoms. The number of ether oxygens (including phenoxy) is 2. The number of aryl methyl sites for hydroxylation is 1. The quantitative estimate of drug-likeness (QED) is 0.710. The highest BCUT2D eigenvalue weighted by atomic mass is 35.5. The zero-order valence-electron chi connectivity index (χ0n) is 17.2. The van der Waals surface area contributed by atoms with E-state index in [1.165, 1.54) is 0 Å². The second-order valence-electron chi connectivity index (χ2n) is 7.34. The van der Waals surface area contributed by atoms with E-state index in [4.69, 9.17) is 21.1 Å². The summed E-state index contributed by atoms with van der Waals surface area (Å²) in [5.41, 5.74) is 2.68. The fraction of sp³-hybridized carbons (Fsp3) is 0.524. The SMILES string of the molecule is COc1ccc(OC)c(C2CCCN2C(=O)CC(C)n2nc(C)c(Cl)c2C)c1. The Morgan fingerprint density at radius 1 is 1.32 bits per heavy atom. The van der Waals surface area contributed by atoms with Crippen molar-refractivity contribution < 1.29 is 14.3 Å². The molecular weight excluding hydrogens is 378 g/mol. The van der Waals surface area contributed by atoms with Gasteiger partial charge in [-0.25, -0.2) is 0 Å². The van der Waals surface area contributed by atoms with Crippen molar-refractivity contribution in [2.45, 2.75) is 52.1 Å². The largest absolute Gasteiger partial charge is 0.497 e. The smallest absolute Gasteiger partial charge is 0.225 e. The van der Waals surface area contributed by atoms with Gasteiger partial charge in [0.25, 0.3) is 0 Å². The summed E-state index contributed by atoms with van der Waals surface area (Å²) in [6.07, 6.45) is 2.26. The Morgan fingerprint density at radius 2 is 2.07 bits per heavy atom. The molecule has 2 unspecified atom stereocenters. The van der Waals surface area contributed by atoms with Gasteiger partial charge in [-0.15, -0.1) is 0 Å². The van der Waals surface area contributed by atoms with Gasteiger partial charge in [0.05, 0.1) is 42.7 Å². The third-order valence-electron chi connectivity index (χ3n) is 5.49. The van der Waals surface area contributed by atoms with E-state index in [0.29, 0.717) is 11.4 Å². The Balaban J connectivity index is 1.81. The molecule has 152 valence electrons. The molecule has 0 saturated carbocycles. The number of halogens is 1. The van der Waals surface area contributed by atoms with Crippen molar-refractivity contribution in [3.63, 3.8) is 0 Å². The number of amides is 1. The van der Waals surface area contributed by atoms with Gasteiger partial charge in [0.15, 0.2) is 0 Å². The van der Waals surface area contributed by atoms with Gasteiger partial charge in [0.1, 0.15) is 11.5 Å². The summed E-state index contributed by atoms with van der Waals surface area (Å²) >= 11 is 6.27. The molecule has 2 atom stereocenters. The minimum Gasteiger partial charge on any atom is -0.497 e. The fourth-order valence-electron chi connectivity index (χ4n) is 4.02. The molecule has 1 amide bonds. The van der Waals surface area contributed by atoms with Crippen molar-refractivity contribution in [3.05, 3.63) is 40.2 Å². The van der Waals surface area contributed by atoms with Gasteiger partial charge in [-0.2, -0.15) is 5.10 Å². The zero-order valence-corrected chi connectivity index (χ0v) is 17.9. The number of benzene rings is 1. The molecule has 1 aromatic heterocycles. The first-order chi connectivity index (χ1) is 13.4. The maximum absolute atomic E-state index is 13.1. The molecule has 3 rings (SSSR count). The van der Waals surface area contributed by atoms with Gasteiger partial charge < -0.3 is 14.4 Å². The molecule has 0 N–H and O–H groups in total. The number of carbonyl (C=O) groups is 1. The minimum absolute atomic E-state index is 0.00575. The van der Waals surface area contributed by atoms with Gasteiger partial charge in [-0.1, -0.05) is 11.6 Å². The second kappa shape index (κ2) is 8.43. The summed E-state index contributed by atoms with van der Waals surface area (Å²) in [5.74, 6) is 1.66. The predicted molar refractivity (Wildman–Crippen MR) is 109 cm³/mol. The van der Waals surface area contributed by atoms with Crippen LogP contribution in [0.4, 0.5) is 0 Å². The summed E-state index contributed by atoms with van der Waals surface area (Å²) in [5, 5.41) is 5.16. The Bertz CT molecular complexity index is 865. The van der Waals surface area contributed by atoms with Crippen LogP contribution in [0.5, 0.6) is 11.5 Å². The molecule has 0 radical (unpaired) electrons. The highest BCUT2D eigenvalue weighted by Crippen LogP contribution is 2.39. The minimum atomic E-state index is -0.0628. The summed E-state index contributed by atoms with van der Waals surface area (Å²) in [4.78, 5) is 15.1. The van der Waals surface area contributed by atoms with Gasteiger partial charge in [0.2, 0.25) is 5.91 Å². The number of carbonyl (C=O) groups excluding carboxylic acids is 1. The van der Waals surface area contributed by atoms with E-state index in [9.17, 15) is 4.79 Å². The molecule has 1 fully saturated rings. The fourth-order valence-corrected chi connectivity index (χ4v) is 4.14. The van der Waals surface area contributed by atoms with E-state index in [1.807, 2.05) is 48.6 Å². The number of aromatic nitrogens is 2. The maximum Gasteiger partial charge on any atom is 0.225 e. The molecule has 0 bridgehead atoms. The van der Waals surface area contributed by atoms with Gasteiger partial charge >= 0.3 is 0 Å². The summed E-state index contributed by atoms with van der Waals surface area (Å²) in [6.45, 7) is 6.56. The zero-order chi connectivity index (χ0) is 20.4. The maximum atomic E-state index is 13.1. The van der Waals surface area contributed by atoms with E-state index in [2.05, 4.69) is 5.10 Å². The molecule has 1 aliphatic rings. The van der Waals surface area contributed by atoms with E-state index < -0.39 is 0 Å². The monoisotopic (exact) mass is 405 g/mol. The van der Waals surface area contributed by atoms with Crippen molar-refractivity contribution in [3.8, 4) is 11.5 Å². The van der Waals surface area contributed by atoms with Crippen LogP contribution in [0.2, 0.25) is 5.02 Å². The molecule has 2 heterocycles. The van der Waals surface area contributed by atoms with Crippen LogP contribution in [0, 0.1) is 13.8 Å². The van der Waals surface area contributed by atoms with Crippen LogP contribution in [0.3, 0.4) is 0 Å². The van der Waals surface area contributed by atoms with Crippen LogP contribution in [-0.2, 0) is 4.79 Å². The Hall–Kier alpha value is -2.21. The molecule has 1 saturated heterocycles. The van der Waals surface area contributed by atoms with Gasteiger partial charge in [-0.3, -0.25) is 9.48 Å². The van der Waals surface area contributed by atoms with Crippen LogP contribution >= 0.6 is 11.6 Å². The highest BCUT2D eigenvalue weighted by Gasteiger charge is 2.33. The summed E-state index contributed by atoms with van der Waals surface area (Å²) < 4.78 is 12.8. The van der Waals surface area contributed by atoms with Crippen LogP contribution in [0.25, 0.3) is 0 Å². The van der Waals surface area contributed by atoms with Crippen molar-refractivity contribution >= 4 is 17.5 Å². The number of hydrogen-bond donors (Lipinski definition) is 0. The van der Waals surface area contributed by atoms with Gasteiger partial charge in [0, 0.05) is 18.5 Å². The first kappa shape index (κ1) is 20.5. The average molecular weight is 406 g/mol. The van der Waals surface area contributed by atoms with Crippen molar-refractivity contribution in [2.24, 2.45) is 0 Å². The number of methoxy groups -OCH3 is 2. The van der Waals surface area contributed by atoms with Crippen molar-refractivity contribution in [2.75, 3.05) is 20.8 Å². The van der Waals surface area contributed by atoms with Crippen LogP contribution < -0.4 is 9.47 Å². The molecule has 1 aromatic carbocycles. The summed E-state index contributed by atoms with van der Waals surface area (Å²) in [6, 6.07) is 5.67. The summed E-state index contributed by atoms with van der Waals surface area (Å²) in [7, 11) is 3.30. The van der Waals surface area contributed by atoms with Crippen LogP contribution in [0.1, 0.15) is 55.2 Å². The Kier molecular flexibility index (Phi) is 6.18. The first-order valence-electron chi connectivity index (χ1n) is 9.60. The van der Waals surface area contributed by atoms with Gasteiger partial charge in [-0.05, 0) is 51.8 Å². The highest BCUT2D eigenvalue weighted by molar-refractivity contribution is 6.31. The lowest BCUT2D eigenvalue weighted by atomic mass is 10.0. The standard InChI is InChI=1S/C21H28ClN3O3/c1-13(25-15(3)21(22)14(2)23-25)11-20(26)24-10-6-7-18(24)17-12-16(27-4)8-9-19(17)28-5/h8-9,12-13,18H,6-7,10-11H2,1-5H3. The molecule has 6 nitrogen and oxygen atoms in total. The first-order valence-corrected chi connectivity index (χ1v) is 9.97. The lowest BCUT2D eigenvalue weighted by Gasteiger charge is -2.28. The molecule has 2 aromatic rings. The average Bonchev–Trinajstić information content (AvgIpc) is 3.28. The molecule has 28 heavy (non-hydrogen) atoms. The van der Waals surface area contributed by atoms with Crippen LogP contribution in [-0.4, -0.2) is 41.4 Å². The molecular formula is C21H28ClN3O3. The van der Waals surface area contributed by atoms with E-state index in [-0.39, 0.29) is 18.0 Å². The third-order valence-corrected chi connectivity index (χ3v) is 6.04. The van der Waals surface area contributed by atoms with E-state index in [0.717, 1.165) is 47.8 Å². The third kappa shape index (κ3) is 3.83. The normalized spacial score (nSPS) is 17.6. The number of likely N-dealkylation sites (tertiary alicyclic amines) is 1. The molecule has 7 heteroatoms. The Labute approximate surface area is 171 Å². The number of rotatable bonds is 6. The molecule has 1 aliphatic heterocycles. The number of nitrogens with zero attached hydrogens (tertiary/aromatic N) is 3. The Morgan fingerprint density at radius 3 is 2.68 bits per heavy atom. The second-order valence-corrected chi connectivity index (χ2v) is 7.71. The number of hydrogen-bond acceptors (Lipinski definition) is 4. The molecule has 0 aliphatic carbocycles. The predicted octanol–water partition coefficient (Wildman–Crippen LogP) is 4.49. The van der Waals surface area contributed by atoms with E-state index in [1.54, 1.807) is 14.2 Å². The van der Waals surface area contributed by atoms with Crippen molar-refractivity contribution in [1.82, 2.24) is 14.7 Å². The topological polar surface area (TPSA) is 56.6 Å². The van der Waals surface area contributed by atoms with E-state index >= 15 is 0 Å². The van der Waals surface area contributed by atoms with Crippen LogP contribution in [0.15, 0.2) is 18.2 Å². The van der Waals surface area contributed by atoms with Crippen molar-refractivity contribution in [1.29, 1.82) is 0 Å². The lowest BCUT2D eigenvalue weighted by Crippen LogP contribution is -2.32. The lowest BCUT2D eigenvalue weighted by molar-refractivity contribution is -0.133.